The smallest absolute Gasteiger partial charge is 0.418 e. The molecule has 17 nitrogen and oxygen atoms in total. The number of hydroxylamine groups is 2. The zero-order chi connectivity index (χ0) is 26.7. The molecular weight excluding hydrogens is 566 g/mol. The molecule has 1 atom stereocenters. The number of hydrogen-bond acceptors (Lipinski definition) is 14. The summed E-state index contributed by atoms with van der Waals surface area (Å²) < 4.78 is 40.3. The first kappa shape index (κ1) is 32.4. The summed E-state index contributed by atoms with van der Waals surface area (Å²) in [6.07, 6.45) is 0. The van der Waals surface area contributed by atoms with Gasteiger partial charge in [0, 0.05) is 11.4 Å². The number of nitrogens with one attached hydrogen (secondary N) is 2. The summed E-state index contributed by atoms with van der Waals surface area (Å²) in [6, 6.07) is 1.69. The SMILES string of the molecule is C.CC1(C)[C@H](NC(=O)/C(=N\OCCOc2ccc(C(=N)N)nn2)c2csc(N)n2)C(=O)N1OS(=O)(=O)O.S. The zero-order valence-electron chi connectivity index (χ0n) is 19.2. The van der Waals surface area contributed by atoms with Crippen LogP contribution >= 0.6 is 24.8 Å². The molecule has 0 aliphatic carbocycles. The van der Waals surface area contributed by atoms with E-state index in [1.54, 1.807) is 0 Å². The second kappa shape index (κ2) is 12.8. The molecule has 20 heteroatoms. The number of amides is 2. The normalized spacial score (nSPS) is 16.4. The van der Waals surface area contributed by atoms with E-state index in [-0.39, 0.29) is 68.1 Å². The molecule has 0 unspecified atom stereocenters. The van der Waals surface area contributed by atoms with Crippen LogP contribution in [0.3, 0.4) is 0 Å². The first-order valence-electron chi connectivity index (χ1n) is 9.84. The molecule has 1 aliphatic heterocycles. The van der Waals surface area contributed by atoms with E-state index in [2.05, 4.69) is 29.9 Å². The Kier molecular flexibility index (Phi) is 10.9. The Morgan fingerprint density at radius 2 is 2.00 bits per heavy atom. The number of nitrogens with two attached hydrogens (primary N) is 2. The molecule has 38 heavy (non-hydrogen) atoms. The van der Waals surface area contributed by atoms with Gasteiger partial charge in [-0.2, -0.15) is 27.0 Å². The summed E-state index contributed by atoms with van der Waals surface area (Å²) in [6.45, 7) is 2.64. The van der Waals surface area contributed by atoms with Gasteiger partial charge in [0.2, 0.25) is 5.88 Å². The van der Waals surface area contributed by atoms with E-state index in [4.69, 9.17) is 31.0 Å². The predicted octanol–water partition coefficient (Wildman–Crippen LogP) is -0.812. The van der Waals surface area contributed by atoms with Crippen molar-refractivity contribution >= 4 is 63.7 Å². The minimum atomic E-state index is -4.95. The fraction of sp³-hybridized carbons (Fsp3) is 0.389. The molecule has 7 N–H and O–H groups in total. The molecule has 0 aromatic carbocycles. The van der Waals surface area contributed by atoms with Crippen LogP contribution in [0.1, 0.15) is 32.7 Å². The third-order valence-corrected chi connectivity index (χ3v) is 5.61. The first-order chi connectivity index (χ1) is 16.8. The summed E-state index contributed by atoms with van der Waals surface area (Å²) in [7, 11) is -4.95. The molecule has 210 valence electrons. The minimum absolute atomic E-state index is 0. The number of oxime groups is 1. The fourth-order valence-corrected chi connectivity index (χ4v) is 3.86. The van der Waals surface area contributed by atoms with Crippen molar-refractivity contribution in [2.24, 2.45) is 10.9 Å². The van der Waals surface area contributed by atoms with Crippen LogP contribution < -0.4 is 21.5 Å². The number of ether oxygens (including phenoxy) is 1. The highest BCUT2D eigenvalue weighted by Gasteiger charge is 2.58. The van der Waals surface area contributed by atoms with Crippen molar-refractivity contribution in [1.82, 2.24) is 25.6 Å². The summed E-state index contributed by atoms with van der Waals surface area (Å²) in [4.78, 5) is 34.3. The molecule has 0 bridgehead atoms. The van der Waals surface area contributed by atoms with Gasteiger partial charge in [-0.25, -0.2) is 4.98 Å². The van der Waals surface area contributed by atoms with Gasteiger partial charge in [-0.1, -0.05) is 12.6 Å². The number of hydrogen-bond donors (Lipinski definition) is 5. The van der Waals surface area contributed by atoms with Crippen LogP contribution in [0.25, 0.3) is 0 Å². The molecule has 3 heterocycles. The maximum Gasteiger partial charge on any atom is 0.418 e. The lowest BCUT2D eigenvalue weighted by molar-refractivity contribution is -0.218. The summed E-state index contributed by atoms with van der Waals surface area (Å²) in [5.41, 5.74) is 9.54. The number of rotatable bonds is 11. The summed E-state index contributed by atoms with van der Waals surface area (Å²) in [5, 5.41) is 22.9. The molecule has 0 saturated carbocycles. The van der Waals surface area contributed by atoms with Crippen molar-refractivity contribution in [3.05, 3.63) is 28.9 Å². The largest absolute Gasteiger partial charge is 0.473 e. The second-order valence-electron chi connectivity index (χ2n) is 7.56. The van der Waals surface area contributed by atoms with Gasteiger partial charge in [-0.3, -0.25) is 19.6 Å². The number of anilines is 1. The van der Waals surface area contributed by atoms with Crippen LogP contribution in [0.5, 0.6) is 5.88 Å². The Bertz CT molecular complexity index is 1300. The molecule has 2 amide bonds. The Labute approximate surface area is 228 Å². The van der Waals surface area contributed by atoms with E-state index >= 15 is 0 Å². The zero-order valence-corrected chi connectivity index (χ0v) is 21.9. The van der Waals surface area contributed by atoms with Crippen LogP contribution in [-0.2, 0) is 29.1 Å². The highest BCUT2D eigenvalue weighted by Crippen LogP contribution is 2.32. The van der Waals surface area contributed by atoms with Crippen molar-refractivity contribution in [1.29, 1.82) is 5.41 Å². The number of aromatic nitrogens is 3. The fourth-order valence-electron chi connectivity index (χ4n) is 2.85. The summed E-state index contributed by atoms with van der Waals surface area (Å²) in [5.74, 6) is -1.90. The first-order valence-corrected chi connectivity index (χ1v) is 12.1. The number of carbonyl (C=O) groups is 2. The molecule has 2 aromatic rings. The highest BCUT2D eigenvalue weighted by molar-refractivity contribution is 7.80. The van der Waals surface area contributed by atoms with Gasteiger partial charge in [0.05, 0.1) is 5.54 Å². The minimum Gasteiger partial charge on any atom is -0.473 e. The lowest BCUT2D eigenvalue weighted by Gasteiger charge is -2.50. The lowest BCUT2D eigenvalue weighted by atomic mass is 9.84. The van der Waals surface area contributed by atoms with E-state index in [1.165, 1.54) is 31.4 Å². The van der Waals surface area contributed by atoms with Crippen molar-refractivity contribution in [2.75, 3.05) is 18.9 Å². The van der Waals surface area contributed by atoms with E-state index < -0.39 is 33.8 Å². The molecule has 1 saturated heterocycles. The van der Waals surface area contributed by atoms with Crippen molar-refractivity contribution in [2.45, 2.75) is 32.9 Å². The number of amidine groups is 1. The molecule has 3 rings (SSSR count). The van der Waals surface area contributed by atoms with E-state index in [9.17, 15) is 18.0 Å². The number of nitrogens with zero attached hydrogens (tertiary/aromatic N) is 5. The van der Waals surface area contributed by atoms with Gasteiger partial charge in [0.15, 0.2) is 17.5 Å². The number of carbonyl (C=O) groups excluding carboxylic acids is 2. The van der Waals surface area contributed by atoms with Crippen molar-refractivity contribution in [3.8, 4) is 5.88 Å². The molecule has 1 fully saturated rings. The maximum absolute atomic E-state index is 12.9. The standard InChI is InChI=1S/C17H21N9O8S2.CH4.H2S/c1-17(2)12(15(28)26(17)34-36(29,30)31)22-14(27)11(9-7-35-16(20)21-9)25-33-6-5-32-10-4-3-8(13(18)19)23-24-10;;/h3-4,7,12H,5-6H2,1-2H3,(H3,18,19)(H2,20,21)(H,22,27)(H,29,30,31);1H4;1H2/b25-11-;;/t12-;;/m1../s1. The average Bonchev–Trinajstić information content (AvgIpc) is 3.23. The van der Waals surface area contributed by atoms with Crippen molar-refractivity contribution in [3.63, 3.8) is 0 Å². The highest BCUT2D eigenvalue weighted by atomic mass is 32.3. The van der Waals surface area contributed by atoms with E-state index in [0.29, 0.717) is 5.06 Å². The topological polar surface area (TPSA) is 258 Å². The summed E-state index contributed by atoms with van der Waals surface area (Å²) >= 11 is 1.04. The van der Waals surface area contributed by atoms with Gasteiger partial charge in [0.25, 0.3) is 11.8 Å². The van der Waals surface area contributed by atoms with Gasteiger partial charge in [-0.15, -0.1) is 25.8 Å². The van der Waals surface area contributed by atoms with Crippen LogP contribution in [0, 0.1) is 5.41 Å². The van der Waals surface area contributed by atoms with Gasteiger partial charge < -0.3 is 26.4 Å². The Morgan fingerprint density at radius 3 is 2.50 bits per heavy atom. The molecular formula is C18H27N9O8S3. The van der Waals surface area contributed by atoms with Crippen LogP contribution in [0.2, 0.25) is 0 Å². The lowest BCUT2D eigenvalue weighted by Crippen LogP contribution is -2.76. The van der Waals surface area contributed by atoms with Gasteiger partial charge >= 0.3 is 10.4 Å². The van der Waals surface area contributed by atoms with Crippen molar-refractivity contribution < 1.29 is 36.4 Å². The van der Waals surface area contributed by atoms with Crippen LogP contribution in [-0.4, -0.2) is 81.4 Å². The Morgan fingerprint density at radius 1 is 1.32 bits per heavy atom. The average molecular weight is 594 g/mol. The van der Waals surface area contributed by atoms with Gasteiger partial charge in [-0.05, 0) is 19.9 Å². The molecule has 0 spiro atoms. The van der Waals surface area contributed by atoms with E-state index in [0.717, 1.165) is 11.3 Å². The number of thiazole rings is 1. The Balaban J connectivity index is 0.00000361. The maximum atomic E-state index is 12.9. The van der Waals surface area contributed by atoms with E-state index in [1.807, 2.05) is 0 Å². The monoisotopic (exact) mass is 593 g/mol. The van der Waals surface area contributed by atoms with Crippen LogP contribution in [0.4, 0.5) is 5.13 Å². The second-order valence-corrected chi connectivity index (χ2v) is 9.45. The quantitative estimate of drug-likeness (QED) is 0.0534. The van der Waals surface area contributed by atoms with Gasteiger partial charge in [0.1, 0.15) is 29.9 Å². The number of nitrogen functional groups attached to an aromatic ring is 2. The Hall–Kier alpha value is -3.59. The molecule has 2 aromatic heterocycles. The molecule has 0 radical (unpaired) electrons. The third-order valence-electron chi connectivity index (χ3n) is 4.60. The molecule has 1 aliphatic rings. The third kappa shape index (κ3) is 7.71. The van der Waals surface area contributed by atoms with Crippen LogP contribution in [0.15, 0.2) is 22.7 Å². The number of β-lactam (4-membered cyclic amide) rings is 1. The predicted molar refractivity (Wildman–Crippen MR) is 140 cm³/mol.